The third-order valence-corrected chi connectivity index (χ3v) is 3.19. The summed E-state index contributed by atoms with van der Waals surface area (Å²) in [4.78, 5) is 6.50. The van der Waals surface area contributed by atoms with Gasteiger partial charge in [-0.1, -0.05) is 0 Å². The number of aromatic nitrogens is 2. The van der Waals surface area contributed by atoms with E-state index in [1.54, 1.807) is 0 Å². The maximum Gasteiger partial charge on any atom is 0.313 e. The van der Waals surface area contributed by atoms with Gasteiger partial charge in [-0.3, -0.25) is 0 Å². The molecule has 0 atom stereocenters. The lowest BCUT2D eigenvalue weighted by molar-refractivity contribution is 0.482. The van der Waals surface area contributed by atoms with Crippen LogP contribution in [0.3, 0.4) is 0 Å². The molecular weight excluding hydrogens is 200 g/mol. The Labute approximate surface area is 85.9 Å². The molecule has 1 N–H and O–H groups in total. The lowest BCUT2D eigenvalue weighted by Crippen LogP contribution is -2.24. The first kappa shape index (κ1) is 9.00. The normalized spacial score (nSPS) is 22.5. The van der Waals surface area contributed by atoms with Crippen LogP contribution >= 0.6 is 0 Å². The number of hydrogen-bond donors (Lipinski definition) is 1. The molecule has 2 aliphatic carbocycles. The van der Waals surface area contributed by atoms with Crippen LogP contribution in [0.25, 0.3) is 0 Å². The summed E-state index contributed by atoms with van der Waals surface area (Å²) in [5, 5.41) is 3.14. The van der Waals surface area contributed by atoms with Crippen LogP contribution < -0.4 is 5.32 Å². The van der Waals surface area contributed by atoms with Crippen molar-refractivity contribution in [1.29, 1.82) is 0 Å². The predicted molar refractivity (Wildman–Crippen MR) is 50.3 cm³/mol. The fourth-order valence-electron chi connectivity index (χ4n) is 2.11. The Hall–Kier alpha value is -1.26. The SMILES string of the molecule is Fc1cc(NC2(C3CC3)CC2)nc(F)n1. The van der Waals surface area contributed by atoms with Gasteiger partial charge in [-0.15, -0.1) is 0 Å². The van der Waals surface area contributed by atoms with Gasteiger partial charge in [-0.2, -0.15) is 18.7 Å². The quantitative estimate of drug-likeness (QED) is 0.614. The number of nitrogens with zero attached hydrogens (tertiary/aromatic N) is 2. The van der Waals surface area contributed by atoms with E-state index in [-0.39, 0.29) is 11.4 Å². The molecule has 2 saturated carbocycles. The maximum atomic E-state index is 12.8. The van der Waals surface area contributed by atoms with Gasteiger partial charge < -0.3 is 5.32 Å². The van der Waals surface area contributed by atoms with Crippen LogP contribution in [0.2, 0.25) is 0 Å². The predicted octanol–water partition coefficient (Wildman–Crippen LogP) is 2.11. The van der Waals surface area contributed by atoms with Crippen LogP contribution in [-0.4, -0.2) is 15.5 Å². The first-order valence-corrected chi connectivity index (χ1v) is 5.16. The summed E-state index contributed by atoms with van der Waals surface area (Å²) in [6.45, 7) is 0. The minimum absolute atomic E-state index is 0.0766. The van der Waals surface area contributed by atoms with Gasteiger partial charge in [-0.25, -0.2) is 0 Å². The molecule has 2 fully saturated rings. The average Bonchev–Trinajstić information content (AvgIpc) is 2.96. The van der Waals surface area contributed by atoms with Gasteiger partial charge in [-0.05, 0) is 31.6 Å². The highest BCUT2D eigenvalue weighted by Gasteiger charge is 2.54. The van der Waals surface area contributed by atoms with Crippen molar-refractivity contribution in [2.45, 2.75) is 31.2 Å². The van der Waals surface area contributed by atoms with E-state index in [1.165, 1.54) is 12.8 Å². The van der Waals surface area contributed by atoms with Crippen LogP contribution in [0, 0.1) is 17.9 Å². The molecular formula is C10H11F2N3. The summed E-state index contributed by atoms with van der Waals surface area (Å²) in [7, 11) is 0. The zero-order chi connectivity index (χ0) is 10.5. The highest BCUT2D eigenvalue weighted by Crippen LogP contribution is 2.55. The van der Waals surface area contributed by atoms with Gasteiger partial charge in [0.25, 0.3) is 0 Å². The maximum absolute atomic E-state index is 12.8. The summed E-state index contributed by atoms with van der Waals surface area (Å²) in [5.74, 6) is 0.111. The van der Waals surface area contributed by atoms with Crippen molar-refractivity contribution in [3.05, 3.63) is 18.1 Å². The second-order valence-electron chi connectivity index (χ2n) is 4.40. The fourth-order valence-corrected chi connectivity index (χ4v) is 2.11. The molecule has 80 valence electrons. The number of hydrogen-bond acceptors (Lipinski definition) is 3. The molecule has 0 spiro atoms. The minimum Gasteiger partial charge on any atom is -0.364 e. The zero-order valence-corrected chi connectivity index (χ0v) is 8.13. The van der Waals surface area contributed by atoms with Gasteiger partial charge in [0, 0.05) is 11.6 Å². The van der Waals surface area contributed by atoms with E-state index in [1.807, 2.05) is 0 Å². The Balaban J connectivity index is 1.81. The third kappa shape index (κ3) is 1.66. The molecule has 0 bridgehead atoms. The summed E-state index contributed by atoms with van der Waals surface area (Å²) in [5.41, 5.74) is 0.0766. The zero-order valence-electron chi connectivity index (χ0n) is 8.13. The van der Waals surface area contributed by atoms with Crippen molar-refractivity contribution in [2.24, 2.45) is 5.92 Å². The Bertz CT molecular complexity index is 379. The van der Waals surface area contributed by atoms with Crippen LogP contribution in [-0.2, 0) is 0 Å². The Morgan fingerprint density at radius 1 is 1.27 bits per heavy atom. The molecule has 5 heteroatoms. The van der Waals surface area contributed by atoms with Crippen molar-refractivity contribution in [1.82, 2.24) is 9.97 Å². The van der Waals surface area contributed by atoms with Gasteiger partial charge in [0.1, 0.15) is 5.82 Å². The molecule has 2 aliphatic rings. The summed E-state index contributed by atoms with van der Waals surface area (Å²) < 4.78 is 25.5. The second kappa shape index (κ2) is 2.87. The topological polar surface area (TPSA) is 37.8 Å². The molecule has 15 heavy (non-hydrogen) atoms. The molecule has 0 radical (unpaired) electrons. The lowest BCUT2D eigenvalue weighted by Gasteiger charge is -2.16. The molecule has 0 saturated heterocycles. The molecule has 0 amide bonds. The van der Waals surface area contributed by atoms with E-state index in [2.05, 4.69) is 15.3 Å². The first-order valence-electron chi connectivity index (χ1n) is 5.16. The van der Waals surface area contributed by atoms with Gasteiger partial charge in [0.05, 0.1) is 0 Å². The standard InChI is InChI=1S/C10H11F2N3/c11-7-5-8(14-9(12)13-7)15-10(3-4-10)6-1-2-6/h5-6H,1-4H2,(H,13,14,15). The molecule has 3 nitrogen and oxygen atoms in total. The number of nitrogens with one attached hydrogen (secondary N) is 1. The highest BCUT2D eigenvalue weighted by molar-refractivity contribution is 5.41. The van der Waals surface area contributed by atoms with E-state index >= 15 is 0 Å². The van der Waals surface area contributed by atoms with Crippen molar-refractivity contribution in [3.63, 3.8) is 0 Å². The largest absolute Gasteiger partial charge is 0.364 e. The highest BCUT2D eigenvalue weighted by atomic mass is 19.1. The van der Waals surface area contributed by atoms with E-state index in [0.29, 0.717) is 5.92 Å². The van der Waals surface area contributed by atoms with Gasteiger partial charge in [0.2, 0.25) is 5.95 Å². The van der Waals surface area contributed by atoms with E-state index in [9.17, 15) is 8.78 Å². The third-order valence-electron chi connectivity index (χ3n) is 3.19. The Morgan fingerprint density at radius 3 is 2.53 bits per heavy atom. The van der Waals surface area contributed by atoms with Crippen molar-refractivity contribution >= 4 is 5.82 Å². The molecule has 1 heterocycles. The molecule has 0 aromatic carbocycles. The van der Waals surface area contributed by atoms with E-state index in [0.717, 1.165) is 18.9 Å². The first-order chi connectivity index (χ1) is 7.18. The van der Waals surface area contributed by atoms with E-state index < -0.39 is 12.0 Å². The van der Waals surface area contributed by atoms with Crippen molar-refractivity contribution in [3.8, 4) is 0 Å². The van der Waals surface area contributed by atoms with E-state index in [4.69, 9.17) is 0 Å². The monoisotopic (exact) mass is 211 g/mol. The number of rotatable bonds is 3. The van der Waals surface area contributed by atoms with Crippen molar-refractivity contribution in [2.75, 3.05) is 5.32 Å². The van der Waals surface area contributed by atoms with Crippen LogP contribution in [0.1, 0.15) is 25.7 Å². The Morgan fingerprint density at radius 2 is 2.00 bits per heavy atom. The summed E-state index contributed by atoms with van der Waals surface area (Å²) >= 11 is 0. The second-order valence-corrected chi connectivity index (χ2v) is 4.40. The summed E-state index contributed by atoms with van der Waals surface area (Å²) in [6.07, 6.45) is 3.56. The fraction of sp³-hybridized carbons (Fsp3) is 0.600. The van der Waals surface area contributed by atoms with Crippen molar-refractivity contribution < 1.29 is 8.78 Å². The van der Waals surface area contributed by atoms with Gasteiger partial charge in [0.15, 0.2) is 0 Å². The molecule has 1 aromatic rings. The van der Waals surface area contributed by atoms with Crippen LogP contribution in [0.4, 0.5) is 14.6 Å². The average molecular weight is 211 g/mol. The number of anilines is 1. The van der Waals surface area contributed by atoms with Crippen LogP contribution in [0.5, 0.6) is 0 Å². The molecule has 0 unspecified atom stereocenters. The molecule has 3 rings (SSSR count). The molecule has 0 aliphatic heterocycles. The number of halogens is 2. The summed E-state index contributed by atoms with van der Waals surface area (Å²) in [6, 6.07) is 1.14. The lowest BCUT2D eigenvalue weighted by atomic mass is 10.1. The minimum atomic E-state index is -1.01. The van der Waals surface area contributed by atoms with Crippen LogP contribution in [0.15, 0.2) is 6.07 Å². The smallest absolute Gasteiger partial charge is 0.313 e. The van der Waals surface area contributed by atoms with Gasteiger partial charge >= 0.3 is 6.08 Å². The Kier molecular flexibility index (Phi) is 1.72. The molecule has 1 aromatic heterocycles.